The molecule has 0 fully saturated rings. The molecule has 0 saturated heterocycles. The van der Waals surface area contributed by atoms with Crippen LogP contribution in [0.25, 0.3) is 0 Å². The Balaban J connectivity index is 1.67. The number of benzene rings is 2. The van der Waals surface area contributed by atoms with Crippen molar-refractivity contribution in [2.75, 3.05) is 6.61 Å². The Labute approximate surface area is 122 Å². The van der Waals surface area contributed by atoms with Gasteiger partial charge in [-0.1, -0.05) is 6.07 Å². The van der Waals surface area contributed by atoms with Gasteiger partial charge in [0.1, 0.15) is 23.4 Å². The van der Waals surface area contributed by atoms with Gasteiger partial charge in [-0.3, -0.25) is 0 Å². The molecular formula is C17H16FNO2. The molecule has 0 radical (unpaired) electrons. The Morgan fingerprint density at radius 3 is 2.86 bits per heavy atom. The first-order valence-corrected chi connectivity index (χ1v) is 7.18. The van der Waals surface area contributed by atoms with Gasteiger partial charge < -0.3 is 15.2 Å². The molecule has 2 aromatic rings. The molecule has 2 N–H and O–H groups in total. The van der Waals surface area contributed by atoms with E-state index in [2.05, 4.69) is 6.07 Å². The lowest BCUT2D eigenvalue weighted by Gasteiger charge is -2.30. The SMILES string of the molecule is N[C@H]1CC(c2ccc3c(c2)CCO3)Oc2ccc(F)cc21. The van der Waals surface area contributed by atoms with Gasteiger partial charge in [-0.05, 0) is 41.5 Å². The minimum atomic E-state index is -0.277. The molecule has 0 amide bonds. The molecule has 21 heavy (non-hydrogen) atoms. The van der Waals surface area contributed by atoms with Crippen LogP contribution in [0.2, 0.25) is 0 Å². The smallest absolute Gasteiger partial charge is 0.126 e. The van der Waals surface area contributed by atoms with E-state index in [-0.39, 0.29) is 18.0 Å². The van der Waals surface area contributed by atoms with Crippen molar-refractivity contribution in [2.45, 2.75) is 25.0 Å². The van der Waals surface area contributed by atoms with E-state index in [1.165, 1.54) is 17.7 Å². The molecule has 2 atom stereocenters. The van der Waals surface area contributed by atoms with E-state index in [4.69, 9.17) is 15.2 Å². The van der Waals surface area contributed by atoms with Gasteiger partial charge in [-0.2, -0.15) is 0 Å². The van der Waals surface area contributed by atoms with Crippen LogP contribution >= 0.6 is 0 Å². The third-order valence-electron chi connectivity index (χ3n) is 4.19. The first-order valence-electron chi connectivity index (χ1n) is 7.18. The molecule has 4 rings (SSSR count). The number of nitrogens with two attached hydrogens (primary N) is 1. The summed E-state index contributed by atoms with van der Waals surface area (Å²) < 4.78 is 24.9. The van der Waals surface area contributed by atoms with Crippen LogP contribution in [0, 0.1) is 5.82 Å². The number of halogens is 1. The zero-order valence-corrected chi connectivity index (χ0v) is 11.5. The number of hydrogen-bond donors (Lipinski definition) is 1. The molecule has 3 nitrogen and oxygen atoms in total. The van der Waals surface area contributed by atoms with E-state index in [0.717, 1.165) is 29.9 Å². The van der Waals surface area contributed by atoms with Crippen LogP contribution in [0.1, 0.15) is 35.3 Å². The van der Waals surface area contributed by atoms with Gasteiger partial charge in [0.2, 0.25) is 0 Å². The van der Waals surface area contributed by atoms with Gasteiger partial charge in [0.25, 0.3) is 0 Å². The maximum atomic E-state index is 13.3. The monoisotopic (exact) mass is 285 g/mol. The molecule has 0 saturated carbocycles. The lowest BCUT2D eigenvalue weighted by molar-refractivity contribution is 0.161. The van der Waals surface area contributed by atoms with Crippen LogP contribution < -0.4 is 15.2 Å². The number of rotatable bonds is 1. The molecule has 0 aliphatic carbocycles. The van der Waals surface area contributed by atoms with E-state index in [1.54, 1.807) is 6.07 Å². The van der Waals surface area contributed by atoms with Crippen molar-refractivity contribution in [2.24, 2.45) is 5.73 Å². The highest BCUT2D eigenvalue weighted by Gasteiger charge is 2.28. The summed E-state index contributed by atoms with van der Waals surface area (Å²) in [7, 11) is 0. The third kappa shape index (κ3) is 2.16. The molecule has 1 unspecified atom stereocenters. The van der Waals surface area contributed by atoms with Crippen LogP contribution in [-0.2, 0) is 6.42 Å². The van der Waals surface area contributed by atoms with Crippen LogP contribution in [0.3, 0.4) is 0 Å². The normalized spacial score (nSPS) is 23.0. The fourth-order valence-electron chi connectivity index (χ4n) is 3.09. The zero-order valence-electron chi connectivity index (χ0n) is 11.5. The Morgan fingerprint density at radius 2 is 1.95 bits per heavy atom. The van der Waals surface area contributed by atoms with E-state index >= 15 is 0 Å². The Bertz CT molecular complexity index is 701. The van der Waals surface area contributed by atoms with Crippen LogP contribution in [0.4, 0.5) is 4.39 Å². The minimum absolute atomic E-state index is 0.0936. The highest BCUT2D eigenvalue weighted by atomic mass is 19.1. The second kappa shape index (κ2) is 4.74. The predicted octanol–water partition coefficient (Wildman–Crippen LogP) is 3.28. The summed E-state index contributed by atoms with van der Waals surface area (Å²) in [6.45, 7) is 0.742. The molecule has 0 spiro atoms. The predicted molar refractivity (Wildman–Crippen MR) is 77.0 cm³/mol. The summed E-state index contributed by atoms with van der Waals surface area (Å²) in [5.41, 5.74) is 9.25. The van der Waals surface area contributed by atoms with Gasteiger partial charge in [0, 0.05) is 24.4 Å². The highest BCUT2D eigenvalue weighted by molar-refractivity contribution is 5.43. The van der Waals surface area contributed by atoms with E-state index in [9.17, 15) is 4.39 Å². The van der Waals surface area contributed by atoms with Crippen molar-refractivity contribution in [3.05, 3.63) is 58.9 Å². The number of hydrogen-bond acceptors (Lipinski definition) is 3. The summed E-state index contributed by atoms with van der Waals surface area (Å²) in [4.78, 5) is 0. The van der Waals surface area contributed by atoms with Gasteiger partial charge >= 0.3 is 0 Å². The van der Waals surface area contributed by atoms with Crippen molar-refractivity contribution >= 4 is 0 Å². The Kier molecular flexibility index (Phi) is 2.86. The highest BCUT2D eigenvalue weighted by Crippen LogP contribution is 2.41. The molecule has 0 bridgehead atoms. The minimum Gasteiger partial charge on any atom is -0.493 e. The Morgan fingerprint density at radius 1 is 1.10 bits per heavy atom. The van der Waals surface area contributed by atoms with Gasteiger partial charge in [-0.25, -0.2) is 4.39 Å². The molecule has 2 aliphatic heterocycles. The fraction of sp³-hybridized carbons (Fsp3) is 0.294. The van der Waals surface area contributed by atoms with Crippen LogP contribution in [0.5, 0.6) is 11.5 Å². The van der Waals surface area contributed by atoms with Gasteiger partial charge in [0.05, 0.1) is 6.61 Å². The zero-order chi connectivity index (χ0) is 14.4. The van der Waals surface area contributed by atoms with Crippen LogP contribution in [-0.4, -0.2) is 6.61 Å². The lowest BCUT2D eigenvalue weighted by Crippen LogP contribution is -2.24. The first-order chi connectivity index (χ1) is 10.2. The molecule has 4 heteroatoms. The summed E-state index contributed by atoms with van der Waals surface area (Å²) in [5.74, 6) is 1.36. The van der Waals surface area contributed by atoms with Crippen molar-refractivity contribution in [3.63, 3.8) is 0 Å². The second-order valence-corrected chi connectivity index (χ2v) is 5.60. The maximum Gasteiger partial charge on any atom is 0.126 e. The molecule has 2 aromatic carbocycles. The largest absolute Gasteiger partial charge is 0.493 e. The number of ether oxygens (including phenoxy) is 2. The molecule has 2 aliphatic rings. The second-order valence-electron chi connectivity index (χ2n) is 5.60. The van der Waals surface area contributed by atoms with Gasteiger partial charge in [0.15, 0.2) is 0 Å². The van der Waals surface area contributed by atoms with E-state index in [1.807, 2.05) is 12.1 Å². The summed E-state index contributed by atoms with van der Waals surface area (Å²) in [6, 6.07) is 10.5. The van der Waals surface area contributed by atoms with E-state index < -0.39 is 0 Å². The summed E-state index contributed by atoms with van der Waals surface area (Å²) >= 11 is 0. The third-order valence-corrected chi connectivity index (χ3v) is 4.19. The maximum absolute atomic E-state index is 13.3. The van der Waals surface area contributed by atoms with Crippen molar-refractivity contribution in [1.82, 2.24) is 0 Å². The molecule has 108 valence electrons. The van der Waals surface area contributed by atoms with Crippen LogP contribution in [0.15, 0.2) is 36.4 Å². The van der Waals surface area contributed by atoms with E-state index in [0.29, 0.717) is 12.2 Å². The summed E-state index contributed by atoms with van der Waals surface area (Å²) in [6.07, 6.45) is 1.49. The number of fused-ring (bicyclic) bond motifs is 2. The lowest BCUT2D eigenvalue weighted by atomic mass is 9.92. The van der Waals surface area contributed by atoms with Crippen molar-refractivity contribution in [3.8, 4) is 11.5 Å². The standard InChI is InChI=1S/C17H16FNO2/c18-12-2-4-16-13(8-12)14(19)9-17(21-16)10-1-3-15-11(7-10)5-6-20-15/h1-4,7-8,14,17H,5-6,9,19H2/t14-,17?/m0/s1. The topological polar surface area (TPSA) is 44.5 Å². The van der Waals surface area contributed by atoms with Crippen molar-refractivity contribution < 1.29 is 13.9 Å². The van der Waals surface area contributed by atoms with Crippen molar-refractivity contribution in [1.29, 1.82) is 0 Å². The quantitative estimate of drug-likeness (QED) is 0.874. The van der Waals surface area contributed by atoms with Gasteiger partial charge in [-0.15, -0.1) is 0 Å². The molecule has 2 heterocycles. The average Bonchev–Trinajstić information content (AvgIpc) is 2.95. The Hall–Kier alpha value is -2.07. The first kappa shape index (κ1) is 12.7. The molecular weight excluding hydrogens is 269 g/mol. The summed E-state index contributed by atoms with van der Waals surface area (Å²) in [5, 5.41) is 0. The molecule has 0 aromatic heterocycles. The fourth-order valence-corrected chi connectivity index (χ4v) is 3.09. The average molecular weight is 285 g/mol.